The lowest BCUT2D eigenvalue weighted by atomic mass is 9.93. The molecular formula is C32H30N2O8. The van der Waals surface area contributed by atoms with Crippen LogP contribution in [0.2, 0.25) is 0 Å². The maximum Gasteiger partial charge on any atom is 0.411 e. The van der Waals surface area contributed by atoms with E-state index in [-0.39, 0.29) is 31.6 Å². The number of carbonyl (C=O) groups is 3. The van der Waals surface area contributed by atoms with Gasteiger partial charge in [-0.2, -0.15) is 0 Å². The summed E-state index contributed by atoms with van der Waals surface area (Å²) >= 11 is 0. The van der Waals surface area contributed by atoms with Gasteiger partial charge in [-0.05, 0) is 34.4 Å². The van der Waals surface area contributed by atoms with Crippen LogP contribution in [0.5, 0.6) is 5.75 Å². The summed E-state index contributed by atoms with van der Waals surface area (Å²) in [4.78, 5) is 53.6. The molecule has 10 heteroatoms. The first-order chi connectivity index (χ1) is 20.4. The number of amides is 2. The van der Waals surface area contributed by atoms with Crippen LogP contribution in [0, 0.1) is 0 Å². The van der Waals surface area contributed by atoms with Crippen molar-refractivity contribution in [2.45, 2.75) is 38.1 Å². The molecule has 0 radical (unpaired) electrons. The predicted octanol–water partition coefficient (Wildman–Crippen LogP) is 3.77. The van der Waals surface area contributed by atoms with Gasteiger partial charge in [0.25, 0.3) is 0 Å². The van der Waals surface area contributed by atoms with Crippen molar-refractivity contribution in [3.8, 4) is 5.75 Å². The first-order valence-electron chi connectivity index (χ1n) is 13.4. The number of hydrogen-bond acceptors (Lipinski definition) is 8. The number of esters is 1. The Morgan fingerprint density at radius 1 is 0.976 bits per heavy atom. The first-order valence-corrected chi connectivity index (χ1v) is 13.4. The van der Waals surface area contributed by atoms with Gasteiger partial charge in [0.05, 0.1) is 20.8 Å². The Morgan fingerprint density at radius 2 is 1.71 bits per heavy atom. The highest BCUT2D eigenvalue weighted by molar-refractivity contribution is 5.91. The van der Waals surface area contributed by atoms with E-state index in [1.54, 1.807) is 18.2 Å². The van der Waals surface area contributed by atoms with E-state index in [1.807, 2.05) is 54.6 Å². The first kappa shape index (κ1) is 28.4. The molecule has 1 aliphatic rings. The molecule has 0 unspecified atom stereocenters. The highest BCUT2D eigenvalue weighted by atomic mass is 16.6. The molecule has 0 spiro atoms. The van der Waals surface area contributed by atoms with Gasteiger partial charge in [-0.15, -0.1) is 0 Å². The fraction of sp³-hybridized carbons (Fsp3) is 0.250. The Hall–Kier alpha value is -5.12. The molecule has 2 amide bonds. The molecule has 42 heavy (non-hydrogen) atoms. The minimum absolute atomic E-state index is 0.0470. The number of hydrogen-bond donors (Lipinski definition) is 1. The molecule has 0 saturated carbocycles. The quantitative estimate of drug-likeness (QED) is 0.251. The number of nitrogens with zero attached hydrogens (tertiary/aromatic N) is 1. The summed E-state index contributed by atoms with van der Waals surface area (Å²) < 4.78 is 21.1. The van der Waals surface area contributed by atoms with Gasteiger partial charge in [0.15, 0.2) is 0 Å². The Bertz CT molecular complexity index is 1670. The summed E-state index contributed by atoms with van der Waals surface area (Å²) in [5.74, 6) is -0.754. The minimum Gasteiger partial charge on any atom is -0.497 e. The average molecular weight is 571 g/mol. The molecule has 2 atom stereocenters. The maximum absolute atomic E-state index is 13.8. The van der Waals surface area contributed by atoms with Crippen LogP contribution in [0.25, 0.3) is 11.0 Å². The van der Waals surface area contributed by atoms with Crippen molar-refractivity contribution in [1.29, 1.82) is 0 Å². The Labute approximate surface area is 241 Å². The topological polar surface area (TPSA) is 124 Å². The zero-order valence-electron chi connectivity index (χ0n) is 23.2. The maximum atomic E-state index is 13.8. The molecule has 5 rings (SSSR count). The van der Waals surface area contributed by atoms with Crippen molar-refractivity contribution in [3.63, 3.8) is 0 Å². The number of benzene rings is 3. The van der Waals surface area contributed by atoms with E-state index in [2.05, 4.69) is 5.32 Å². The van der Waals surface area contributed by atoms with Crippen molar-refractivity contribution in [2.24, 2.45) is 0 Å². The summed E-state index contributed by atoms with van der Waals surface area (Å²) in [6.45, 7) is 0.211. The van der Waals surface area contributed by atoms with E-state index in [1.165, 1.54) is 25.2 Å². The minimum atomic E-state index is -1.14. The van der Waals surface area contributed by atoms with Crippen LogP contribution in [0.3, 0.4) is 0 Å². The zero-order valence-corrected chi connectivity index (χ0v) is 23.2. The highest BCUT2D eigenvalue weighted by Crippen LogP contribution is 2.26. The van der Waals surface area contributed by atoms with Gasteiger partial charge in [0.1, 0.15) is 30.0 Å². The molecular weight excluding hydrogens is 540 g/mol. The molecule has 10 nitrogen and oxygen atoms in total. The van der Waals surface area contributed by atoms with Gasteiger partial charge in [-0.25, -0.2) is 14.4 Å². The third-order valence-electron chi connectivity index (χ3n) is 7.25. The second-order valence-electron chi connectivity index (χ2n) is 9.90. The van der Waals surface area contributed by atoms with Crippen molar-refractivity contribution < 1.29 is 33.0 Å². The fourth-order valence-corrected chi connectivity index (χ4v) is 5.08. The van der Waals surface area contributed by atoms with Crippen LogP contribution in [-0.2, 0) is 45.1 Å². The summed E-state index contributed by atoms with van der Waals surface area (Å²) in [5, 5.41) is 3.34. The zero-order chi connectivity index (χ0) is 29.6. The van der Waals surface area contributed by atoms with E-state index in [4.69, 9.17) is 18.6 Å². The third-order valence-corrected chi connectivity index (χ3v) is 7.25. The SMILES string of the molecule is COC(=O)[C@H](Cc1cc(=O)oc2cc(OC)ccc12)NC(=O)[C@@H]1Cc2ccccc2CN1C(=O)OCc1ccccc1. The summed E-state index contributed by atoms with van der Waals surface area (Å²) in [6.07, 6.45) is -0.466. The largest absolute Gasteiger partial charge is 0.497 e. The van der Waals surface area contributed by atoms with Crippen LogP contribution < -0.4 is 15.7 Å². The standard InChI is InChI=1S/C32H30N2O8/c1-39-24-12-13-25-23(16-29(35)42-28(25)17-24)14-26(31(37)40-2)33-30(36)27-15-21-10-6-7-11-22(21)18-34(27)32(38)41-19-20-8-4-3-5-9-20/h3-13,16-17,26-27H,14-15,18-19H2,1-2H3,(H,33,36)/t26-,27-/m0/s1. The van der Waals surface area contributed by atoms with E-state index in [0.29, 0.717) is 16.7 Å². The van der Waals surface area contributed by atoms with Crippen molar-refractivity contribution in [3.05, 3.63) is 112 Å². The van der Waals surface area contributed by atoms with Gasteiger partial charge in [-0.1, -0.05) is 54.6 Å². The lowest BCUT2D eigenvalue weighted by Crippen LogP contribution is -2.56. The molecule has 2 heterocycles. The molecule has 1 aromatic heterocycles. The second-order valence-corrected chi connectivity index (χ2v) is 9.90. The van der Waals surface area contributed by atoms with Crippen molar-refractivity contribution in [2.75, 3.05) is 14.2 Å². The third kappa shape index (κ3) is 6.27. The van der Waals surface area contributed by atoms with Crippen LogP contribution in [0.4, 0.5) is 4.79 Å². The number of methoxy groups -OCH3 is 2. The molecule has 1 N–H and O–H groups in total. The second kappa shape index (κ2) is 12.6. The number of carbonyl (C=O) groups excluding carboxylic acids is 3. The normalized spacial score (nSPS) is 14.9. The Kier molecular flexibility index (Phi) is 8.52. The molecule has 216 valence electrons. The molecule has 3 aromatic carbocycles. The van der Waals surface area contributed by atoms with E-state index < -0.39 is 35.7 Å². The number of fused-ring (bicyclic) bond motifs is 2. The smallest absolute Gasteiger partial charge is 0.411 e. The van der Waals surface area contributed by atoms with Gasteiger partial charge in [0, 0.05) is 30.4 Å². The molecule has 4 aromatic rings. The highest BCUT2D eigenvalue weighted by Gasteiger charge is 2.37. The van der Waals surface area contributed by atoms with Crippen molar-refractivity contribution >= 4 is 28.9 Å². The predicted molar refractivity (Wildman–Crippen MR) is 153 cm³/mol. The van der Waals surface area contributed by atoms with Gasteiger partial charge in [-0.3, -0.25) is 9.69 Å². The van der Waals surface area contributed by atoms with E-state index in [9.17, 15) is 19.2 Å². The molecule has 1 aliphatic heterocycles. The van der Waals surface area contributed by atoms with E-state index in [0.717, 1.165) is 16.7 Å². The Morgan fingerprint density at radius 3 is 2.45 bits per heavy atom. The monoisotopic (exact) mass is 570 g/mol. The summed E-state index contributed by atoms with van der Waals surface area (Å²) in [5.41, 5.74) is 2.78. The van der Waals surface area contributed by atoms with E-state index >= 15 is 0 Å². The lowest BCUT2D eigenvalue weighted by Gasteiger charge is -2.35. The van der Waals surface area contributed by atoms with Gasteiger partial charge in [0.2, 0.25) is 5.91 Å². The average Bonchev–Trinajstić information content (AvgIpc) is 3.02. The number of rotatable bonds is 8. The Balaban J connectivity index is 1.40. The van der Waals surface area contributed by atoms with Gasteiger partial charge < -0.3 is 23.9 Å². The molecule has 0 fully saturated rings. The van der Waals surface area contributed by atoms with Crippen LogP contribution in [0.1, 0.15) is 22.3 Å². The molecule has 0 saturated heterocycles. The fourth-order valence-electron chi connectivity index (χ4n) is 5.08. The summed E-state index contributed by atoms with van der Waals surface area (Å²) in [6, 6.07) is 21.0. The number of nitrogens with one attached hydrogen (secondary N) is 1. The lowest BCUT2D eigenvalue weighted by molar-refractivity contribution is -0.145. The van der Waals surface area contributed by atoms with Crippen LogP contribution in [-0.4, -0.2) is 49.2 Å². The van der Waals surface area contributed by atoms with Crippen molar-refractivity contribution in [1.82, 2.24) is 10.2 Å². The molecule has 0 aliphatic carbocycles. The van der Waals surface area contributed by atoms with Crippen LogP contribution in [0.15, 0.2) is 88.1 Å². The molecule has 0 bridgehead atoms. The van der Waals surface area contributed by atoms with Gasteiger partial charge >= 0.3 is 17.7 Å². The van der Waals surface area contributed by atoms with Crippen LogP contribution >= 0.6 is 0 Å². The summed E-state index contributed by atoms with van der Waals surface area (Å²) in [7, 11) is 2.71. The number of ether oxygens (including phenoxy) is 3.